The summed E-state index contributed by atoms with van der Waals surface area (Å²) in [5.41, 5.74) is 0. The number of urea groups is 1. The number of carbonyl (C=O) groups excluding carboxylic acids is 1. The van der Waals surface area contributed by atoms with Crippen LogP contribution >= 0.6 is 0 Å². The molecule has 7 heteroatoms. The third kappa shape index (κ3) is 3.66. The summed E-state index contributed by atoms with van der Waals surface area (Å²) in [5, 5.41) is 10.2. The van der Waals surface area contributed by atoms with Gasteiger partial charge in [-0.15, -0.1) is 0 Å². The van der Waals surface area contributed by atoms with Gasteiger partial charge in [0.1, 0.15) is 6.04 Å². The van der Waals surface area contributed by atoms with E-state index in [1.807, 2.05) is 6.92 Å². The summed E-state index contributed by atoms with van der Waals surface area (Å²) in [6.07, 6.45) is 9.35. The van der Waals surface area contributed by atoms with Crippen molar-refractivity contribution in [2.75, 3.05) is 6.61 Å². The number of nitrogens with zero attached hydrogens (tertiary/aromatic N) is 2. The smallest absolute Gasteiger partial charge is 0.315 e. The molecule has 3 aliphatic rings. The van der Waals surface area contributed by atoms with Gasteiger partial charge in [-0.25, -0.2) is 4.79 Å². The van der Waals surface area contributed by atoms with Crippen molar-refractivity contribution in [3.8, 4) is 0 Å². The molecule has 1 saturated heterocycles. The van der Waals surface area contributed by atoms with Gasteiger partial charge in [0.15, 0.2) is 5.82 Å². The lowest BCUT2D eigenvalue weighted by Crippen LogP contribution is -2.49. The van der Waals surface area contributed by atoms with E-state index in [4.69, 9.17) is 9.26 Å². The highest BCUT2D eigenvalue weighted by molar-refractivity contribution is 5.74. The summed E-state index contributed by atoms with van der Waals surface area (Å²) in [5.74, 6) is 2.15. The molecular weight excluding hydrogens is 320 g/mol. The molecule has 2 heterocycles. The second-order valence-corrected chi connectivity index (χ2v) is 7.71. The van der Waals surface area contributed by atoms with Crippen LogP contribution in [0.2, 0.25) is 0 Å². The number of hydrogen-bond donors (Lipinski definition) is 2. The molecule has 1 aromatic rings. The number of nitrogens with one attached hydrogen (secondary N) is 2. The van der Waals surface area contributed by atoms with Gasteiger partial charge in [-0.05, 0) is 45.4 Å². The molecule has 138 valence electrons. The molecule has 2 amide bonds. The summed E-state index contributed by atoms with van der Waals surface area (Å²) in [4.78, 5) is 16.9. The second-order valence-electron chi connectivity index (χ2n) is 7.71. The minimum absolute atomic E-state index is 0.161. The van der Waals surface area contributed by atoms with Crippen molar-refractivity contribution in [2.45, 2.75) is 82.4 Å². The largest absolute Gasteiger partial charge is 0.378 e. The van der Waals surface area contributed by atoms with Crippen LogP contribution in [0.3, 0.4) is 0 Å². The summed E-state index contributed by atoms with van der Waals surface area (Å²) in [6, 6.07) is -0.252. The van der Waals surface area contributed by atoms with Gasteiger partial charge in [-0.1, -0.05) is 18.0 Å². The Kier molecular flexibility index (Phi) is 4.92. The van der Waals surface area contributed by atoms with Crippen molar-refractivity contribution < 1.29 is 14.1 Å². The number of carbonyl (C=O) groups is 1. The Bertz CT molecular complexity index is 599. The van der Waals surface area contributed by atoms with Crippen LogP contribution in [-0.4, -0.2) is 34.9 Å². The molecule has 2 aliphatic carbocycles. The molecule has 3 fully saturated rings. The molecule has 2 N–H and O–H groups in total. The van der Waals surface area contributed by atoms with Gasteiger partial charge in [0.2, 0.25) is 5.89 Å². The zero-order chi connectivity index (χ0) is 17.2. The van der Waals surface area contributed by atoms with E-state index >= 15 is 0 Å². The standard InChI is InChI=1S/C18H28N4O3/c1-11(17-21-16(22-25-17)12-5-2-3-6-12)19-18(23)20-14-7-4-8-15-13(14)9-10-24-15/h11-15H,2-10H2,1H3,(H2,19,20,23)/t11-,13+,14+,15-/m0/s1. The molecule has 4 atom stereocenters. The summed E-state index contributed by atoms with van der Waals surface area (Å²) >= 11 is 0. The van der Waals surface area contributed by atoms with Gasteiger partial charge in [-0.2, -0.15) is 4.98 Å². The van der Waals surface area contributed by atoms with E-state index in [-0.39, 0.29) is 18.1 Å². The van der Waals surface area contributed by atoms with E-state index in [0.29, 0.717) is 23.8 Å². The van der Waals surface area contributed by atoms with Crippen molar-refractivity contribution in [3.63, 3.8) is 0 Å². The fraction of sp³-hybridized carbons (Fsp3) is 0.833. The molecule has 0 bridgehead atoms. The SMILES string of the molecule is C[C@H](NC(=O)N[C@@H]1CCC[C@@H]2OCC[C@@H]21)c1nc(C2CCCC2)no1. The van der Waals surface area contributed by atoms with E-state index in [0.717, 1.165) is 51.0 Å². The van der Waals surface area contributed by atoms with Crippen LogP contribution < -0.4 is 10.6 Å². The molecule has 1 aliphatic heterocycles. The first-order chi connectivity index (χ1) is 12.2. The lowest BCUT2D eigenvalue weighted by atomic mass is 9.82. The maximum atomic E-state index is 12.4. The van der Waals surface area contributed by atoms with E-state index < -0.39 is 0 Å². The normalized spacial score (nSPS) is 30.8. The summed E-state index contributed by atoms with van der Waals surface area (Å²) in [7, 11) is 0. The third-order valence-electron chi connectivity index (χ3n) is 5.99. The van der Waals surface area contributed by atoms with Crippen LogP contribution in [0.25, 0.3) is 0 Å². The number of rotatable bonds is 4. The minimum atomic E-state index is -0.290. The van der Waals surface area contributed by atoms with Gasteiger partial charge >= 0.3 is 6.03 Å². The van der Waals surface area contributed by atoms with Crippen molar-refractivity contribution in [1.82, 2.24) is 20.8 Å². The van der Waals surface area contributed by atoms with Gasteiger partial charge in [0.25, 0.3) is 0 Å². The first kappa shape index (κ1) is 16.8. The maximum Gasteiger partial charge on any atom is 0.315 e. The average Bonchev–Trinajstić information content (AvgIpc) is 3.34. The van der Waals surface area contributed by atoms with E-state index in [1.165, 1.54) is 12.8 Å². The van der Waals surface area contributed by atoms with Crippen LogP contribution in [0.1, 0.15) is 82.0 Å². The highest BCUT2D eigenvalue weighted by Gasteiger charge is 2.38. The van der Waals surface area contributed by atoms with Crippen LogP contribution in [0, 0.1) is 5.92 Å². The van der Waals surface area contributed by atoms with Crippen molar-refractivity contribution >= 4 is 6.03 Å². The Morgan fingerprint density at radius 2 is 2.00 bits per heavy atom. The van der Waals surface area contributed by atoms with Crippen LogP contribution in [0.15, 0.2) is 4.52 Å². The van der Waals surface area contributed by atoms with Crippen molar-refractivity contribution in [2.24, 2.45) is 5.92 Å². The Labute approximate surface area is 148 Å². The third-order valence-corrected chi connectivity index (χ3v) is 5.99. The molecule has 7 nitrogen and oxygen atoms in total. The van der Waals surface area contributed by atoms with E-state index in [1.54, 1.807) is 0 Å². The molecule has 0 aromatic carbocycles. The molecule has 0 unspecified atom stereocenters. The lowest BCUT2D eigenvalue weighted by molar-refractivity contribution is 0.0548. The predicted molar refractivity (Wildman–Crippen MR) is 91.1 cm³/mol. The first-order valence-corrected chi connectivity index (χ1v) is 9.73. The van der Waals surface area contributed by atoms with Crippen LogP contribution in [0.4, 0.5) is 4.79 Å². The number of aromatic nitrogens is 2. The summed E-state index contributed by atoms with van der Waals surface area (Å²) in [6.45, 7) is 2.70. The minimum Gasteiger partial charge on any atom is -0.378 e. The zero-order valence-corrected chi connectivity index (χ0v) is 14.9. The fourth-order valence-electron chi connectivity index (χ4n) is 4.60. The van der Waals surface area contributed by atoms with Crippen molar-refractivity contribution in [3.05, 3.63) is 11.7 Å². The van der Waals surface area contributed by atoms with Crippen LogP contribution in [0.5, 0.6) is 0 Å². The molecule has 2 saturated carbocycles. The van der Waals surface area contributed by atoms with Gasteiger partial charge in [0, 0.05) is 24.5 Å². The molecule has 1 aromatic heterocycles. The van der Waals surface area contributed by atoms with Gasteiger partial charge in [-0.3, -0.25) is 0 Å². The zero-order valence-electron chi connectivity index (χ0n) is 14.9. The maximum absolute atomic E-state index is 12.4. The Hall–Kier alpha value is -1.63. The highest BCUT2D eigenvalue weighted by Crippen LogP contribution is 2.34. The predicted octanol–water partition coefficient (Wildman–Crippen LogP) is 3.05. The van der Waals surface area contributed by atoms with Crippen molar-refractivity contribution in [1.29, 1.82) is 0 Å². The van der Waals surface area contributed by atoms with Gasteiger partial charge < -0.3 is 19.9 Å². The number of ether oxygens (including phenoxy) is 1. The van der Waals surface area contributed by atoms with Gasteiger partial charge in [0.05, 0.1) is 6.10 Å². The quantitative estimate of drug-likeness (QED) is 0.873. The van der Waals surface area contributed by atoms with Crippen LogP contribution in [-0.2, 0) is 4.74 Å². The van der Waals surface area contributed by atoms with E-state index in [9.17, 15) is 4.79 Å². The Balaban J connectivity index is 1.31. The summed E-state index contributed by atoms with van der Waals surface area (Å²) < 4.78 is 11.1. The molecule has 0 spiro atoms. The fourth-order valence-corrected chi connectivity index (χ4v) is 4.60. The Morgan fingerprint density at radius 3 is 2.84 bits per heavy atom. The van der Waals surface area contributed by atoms with E-state index in [2.05, 4.69) is 20.8 Å². The molecule has 0 radical (unpaired) electrons. The number of fused-ring (bicyclic) bond motifs is 1. The Morgan fingerprint density at radius 1 is 1.16 bits per heavy atom. The lowest BCUT2D eigenvalue weighted by Gasteiger charge is -2.33. The molecule has 4 rings (SSSR count). The average molecular weight is 348 g/mol. The molecule has 25 heavy (non-hydrogen) atoms. The second kappa shape index (κ2) is 7.32. The monoisotopic (exact) mass is 348 g/mol. The highest BCUT2D eigenvalue weighted by atomic mass is 16.5. The number of amides is 2. The topological polar surface area (TPSA) is 89.3 Å². The molecular formula is C18H28N4O3. The first-order valence-electron chi connectivity index (χ1n) is 9.73. The number of hydrogen-bond acceptors (Lipinski definition) is 5.